The lowest BCUT2D eigenvalue weighted by atomic mass is 10.1. The van der Waals surface area contributed by atoms with E-state index in [1.807, 2.05) is 0 Å². The Hall–Kier alpha value is -0.310. The fourth-order valence-corrected chi connectivity index (χ4v) is 3.04. The fourth-order valence-electron chi connectivity index (χ4n) is 2.17. The van der Waals surface area contributed by atoms with Crippen LogP contribution in [0, 0.1) is 0 Å². The van der Waals surface area contributed by atoms with Gasteiger partial charge in [0.05, 0.1) is 55.5 Å². The van der Waals surface area contributed by atoms with Crippen molar-refractivity contribution in [3.05, 3.63) is 21.1 Å². The normalized spacial score (nSPS) is 27.5. The summed E-state index contributed by atoms with van der Waals surface area (Å²) in [7, 11) is 0. The molecule has 0 spiro atoms. The molecule has 20 heavy (non-hydrogen) atoms. The smallest absolute Gasteiger partial charge is 0.223 e. The van der Waals surface area contributed by atoms with E-state index in [0.717, 1.165) is 4.47 Å². The molecule has 1 aromatic rings. The van der Waals surface area contributed by atoms with Crippen LogP contribution in [-0.2, 0) is 18.9 Å². The zero-order valence-corrected chi connectivity index (χ0v) is 13.0. The lowest BCUT2D eigenvalue weighted by Crippen LogP contribution is -2.26. The molecule has 2 aliphatic rings. The molecule has 3 heterocycles. The number of aromatic nitrogens is 2. The molecule has 3 rings (SSSR count). The molecule has 6 nitrogen and oxygen atoms in total. The maximum Gasteiger partial charge on any atom is 0.223 e. The van der Waals surface area contributed by atoms with Crippen LogP contribution >= 0.6 is 27.5 Å². The first-order valence-electron chi connectivity index (χ1n) is 6.37. The predicted octanol–water partition coefficient (Wildman–Crippen LogP) is 2.07. The maximum absolute atomic E-state index is 6.02. The van der Waals surface area contributed by atoms with Gasteiger partial charge < -0.3 is 18.9 Å². The minimum atomic E-state index is -0.248. The van der Waals surface area contributed by atoms with E-state index in [1.165, 1.54) is 0 Å². The second-order valence-corrected chi connectivity index (χ2v) is 5.58. The van der Waals surface area contributed by atoms with Crippen molar-refractivity contribution in [2.75, 3.05) is 39.6 Å². The highest BCUT2D eigenvalue weighted by atomic mass is 79.9. The van der Waals surface area contributed by atoms with Crippen molar-refractivity contribution >= 4 is 27.5 Å². The van der Waals surface area contributed by atoms with E-state index in [9.17, 15) is 0 Å². The van der Waals surface area contributed by atoms with Crippen molar-refractivity contribution in [2.45, 2.75) is 12.2 Å². The zero-order chi connectivity index (χ0) is 13.9. The quantitative estimate of drug-likeness (QED) is 0.748. The summed E-state index contributed by atoms with van der Waals surface area (Å²) in [5.41, 5.74) is 1.38. The zero-order valence-electron chi connectivity index (χ0n) is 10.7. The van der Waals surface area contributed by atoms with Gasteiger partial charge in [0.1, 0.15) is 12.2 Å². The highest BCUT2D eigenvalue weighted by Gasteiger charge is 2.28. The van der Waals surface area contributed by atoms with E-state index >= 15 is 0 Å². The summed E-state index contributed by atoms with van der Waals surface area (Å²) < 4.78 is 22.9. The molecule has 0 aromatic carbocycles. The topological polar surface area (TPSA) is 62.7 Å². The first-order valence-corrected chi connectivity index (χ1v) is 7.54. The SMILES string of the molecule is Clc1nc([C@@H]2COCCO2)c(Br)c([C@H]2COCCO2)n1. The maximum atomic E-state index is 6.02. The summed E-state index contributed by atoms with van der Waals surface area (Å²) >= 11 is 9.56. The Morgan fingerprint density at radius 2 is 1.40 bits per heavy atom. The minimum Gasteiger partial charge on any atom is -0.376 e. The van der Waals surface area contributed by atoms with Crippen LogP contribution in [0.3, 0.4) is 0 Å². The number of ether oxygens (including phenoxy) is 4. The van der Waals surface area contributed by atoms with Crippen LogP contribution in [0.15, 0.2) is 4.47 Å². The molecule has 1 aromatic heterocycles. The molecule has 2 fully saturated rings. The summed E-state index contributed by atoms with van der Waals surface area (Å²) in [6, 6.07) is 0. The van der Waals surface area contributed by atoms with Gasteiger partial charge >= 0.3 is 0 Å². The Bertz CT molecular complexity index is 440. The van der Waals surface area contributed by atoms with Crippen LogP contribution < -0.4 is 0 Å². The van der Waals surface area contributed by atoms with Crippen LogP contribution in [0.1, 0.15) is 23.6 Å². The minimum absolute atomic E-state index is 0.168. The monoisotopic (exact) mass is 364 g/mol. The second-order valence-electron chi connectivity index (χ2n) is 4.45. The van der Waals surface area contributed by atoms with Crippen LogP contribution in [-0.4, -0.2) is 49.6 Å². The van der Waals surface area contributed by atoms with Gasteiger partial charge in [-0.2, -0.15) is 0 Å². The lowest BCUT2D eigenvalue weighted by molar-refractivity contribution is -0.0956. The molecule has 2 saturated heterocycles. The van der Waals surface area contributed by atoms with Gasteiger partial charge in [-0.1, -0.05) is 0 Å². The van der Waals surface area contributed by atoms with Gasteiger partial charge in [0.2, 0.25) is 5.28 Å². The summed E-state index contributed by atoms with van der Waals surface area (Å²) in [6.07, 6.45) is -0.497. The number of halogens is 2. The Morgan fingerprint density at radius 3 is 1.80 bits per heavy atom. The van der Waals surface area contributed by atoms with Gasteiger partial charge in [0.25, 0.3) is 0 Å². The highest BCUT2D eigenvalue weighted by Crippen LogP contribution is 2.34. The molecule has 8 heteroatoms. The van der Waals surface area contributed by atoms with E-state index < -0.39 is 0 Å². The molecule has 0 aliphatic carbocycles. The van der Waals surface area contributed by atoms with E-state index in [2.05, 4.69) is 25.9 Å². The molecule has 0 amide bonds. The number of hydrogen-bond donors (Lipinski definition) is 0. The van der Waals surface area contributed by atoms with Crippen molar-refractivity contribution < 1.29 is 18.9 Å². The molecule has 2 aliphatic heterocycles. The average Bonchev–Trinajstić information content (AvgIpc) is 2.51. The Labute approximate surface area is 129 Å². The molecule has 0 N–H and O–H groups in total. The van der Waals surface area contributed by atoms with Crippen molar-refractivity contribution in [1.82, 2.24) is 9.97 Å². The third kappa shape index (κ3) is 3.13. The Kier molecular flexibility index (Phi) is 4.85. The van der Waals surface area contributed by atoms with E-state index in [0.29, 0.717) is 51.0 Å². The van der Waals surface area contributed by atoms with Crippen molar-refractivity contribution in [3.63, 3.8) is 0 Å². The number of nitrogens with zero attached hydrogens (tertiary/aromatic N) is 2. The lowest BCUT2D eigenvalue weighted by Gasteiger charge is -2.27. The summed E-state index contributed by atoms with van der Waals surface area (Å²) in [5.74, 6) is 0. The molecular weight excluding hydrogens is 351 g/mol. The number of rotatable bonds is 2. The van der Waals surface area contributed by atoms with Gasteiger partial charge in [-0.15, -0.1) is 0 Å². The summed E-state index contributed by atoms with van der Waals surface area (Å²) in [4.78, 5) is 8.52. The first-order chi connectivity index (χ1) is 9.75. The predicted molar refractivity (Wildman–Crippen MR) is 73.8 cm³/mol. The van der Waals surface area contributed by atoms with E-state index in [4.69, 9.17) is 30.5 Å². The van der Waals surface area contributed by atoms with E-state index in [-0.39, 0.29) is 17.5 Å². The standard InChI is InChI=1S/C12H14BrClN2O4/c13-9-10(7-5-17-1-3-19-7)15-12(14)16-11(9)8-6-18-2-4-20-8/h7-8H,1-6H2/t7-,8+. The van der Waals surface area contributed by atoms with Crippen LogP contribution in [0.2, 0.25) is 5.28 Å². The van der Waals surface area contributed by atoms with Crippen molar-refractivity contribution in [1.29, 1.82) is 0 Å². The molecule has 0 unspecified atom stereocenters. The molecule has 0 radical (unpaired) electrons. The van der Waals surface area contributed by atoms with Gasteiger partial charge in [0.15, 0.2) is 0 Å². The number of hydrogen-bond acceptors (Lipinski definition) is 6. The first kappa shape index (κ1) is 14.6. The van der Waals surface area contributed by atoms with Crippen LogP contribution in [0.4, 0.5) is 0 Å². The van der Waals surface area contributed by atoms with Crippen LogP contribution in [0.25, 0.3) is 0 Å². The molecular formula is C12H14BrClN2O4. The molecule has 0 bridgehead atoms. The molecule has 110 valence electrons. The van der Waals surface area contributed by atoms with Crippen molar-refractivity contribution in [2.24, 2.45) is 0 Å². The fraction of sp³-hybridized carbons (Fsp3) is 0.667. The second kappa shape index (κ2) is 6.64. The summed E-state index contributed by atoms with van der Waals surface area (Å²) in [6.45, 7) is 3.17. The third-order valence-corrected chi connectivity index (χ3v) is 4.10. The Balaban J connectivity index is 1.91. The highest BCUT2D eigenvalue weighted by molar-refractivity contribution is 9.10. The molecule has 2 atom stereocenters. The largest absolute Gasteiger partial charge is 0.376 e. The summed E-state index contributed by atoms with van der Waals surface area (Å²) in [5, 5.41) is 0.168. The van der Waals surface area contributed by atoms with Crippen molar-refractivity contribution in [3.8, 4) is 0 Å². The van der Waals surface area contributed by atoms with E-state index in [1.54, 1.807) is 0 Å². The molecule has 0 saturated carbocycles. The van der Waals surface area contributed by atoms with Gasteiger partial charge in [-0.05, 0) is 27.5 Å². The average molecular weight is 366 g/mol. The van der Waals surface area contributed by atoms with Crippen LogP contribution in [0.5, 0.6) is 0 Å². The Morgan fingerprint density at radius 1 is 0.900 bits per heavy atom. The van der Waals surface area contributed by atoms with Gasteiger partial charge in [-0.3, -0.25) is 0 Å². The van der Waals surface area contributed by atoms with Gasteiger partial charge in [0, 0.05) is 0 Å². The third-order valence-electron chi connectivity index (χ3n) is 3.12. The van der Waals surface area contributed by atoms with Gasteiger partial charge in [-0.25, -0.2) is 9.97 Å².